The van der Waals surface area contributed by atoms with E-state index in [1.54, 1.807) is 9.42 Å². The van der Waals surface area contributed by atoms with Gasteiger partial charge in [-0.25, -0.2) is 9.50 Å². The lowest BCUT2D eigenvalue weighted by molar-refractivity contribution is 0.0745. The Morgan fingerprint density at radius 3 is 2.94 bits per heavy atom. The molecule has 1 amide bonds. The first-order valence-corrected chi connectivity index (χ1v) is 11.2. The predicted octanol–water partition coefficient (Wildman–Crippen LogP) is 3.68. The topological polar surface area (TPSA) is 71.8 Å². The fraction of sp³-hybridized carbons (Fsp3) is 0.435. The molecule has 162 valence electrons. The van der Waals surface area contributed by atoms with Crippen molar-refractivity contribution in [1.82, 2.24) is 24.8 Å². The zero-order valence-corrected chi connectivity index (χ0v) is 18.6. The monoisotopic (exact) mass is 439 g/mol. The molecule has 1 fully saturated rings. The van der Waals surface area contributed by atoms with Crippen molar-refractivity contribution in [1.29, 1.82) is 0 Å². The molecule has 2 aliphatic rings. The number of aryl methyl sites for hydroxylation is 2. The Morgan fingerprint density at radius 1 is 1.29 bits per heavy atom. The number of carbonyl (C=O) groups is 1. The first kappa shape index (κ1) is 20.3. The molecular formula is C23H26ClN5O2. The van der Waals surface area contributed by atoms with Crippen LogP contribution >= 0.6 is 11.6 Å². The van der Waals surface area contributed by atoms with Crippen LogP contribution in [0.4, 0.5) is 0 Å². The SMILES string of the molecule is Cc1nc2c3c(nn2c(C)c1Cl)CN(C(=O)c1ccccc1OCC[C@H]1CCCN1)C3. The Hall–Kier alpha value is -2.64. The van der Waals surface area contributed by atoms with Crippen molar-refractivity contribution < 1.29 is 9.53 Å². The largest absolute Gasteiger partial charge is 0.493 e. The summed E-state index contributed by atoms with van der Waals surface area (Å²) in [6.45, 7) is 6.43. The average Bonchev–Trinajstić information content (AvgIpc) is 3.49. The second-order valence-corrected chi connectivity index (χ2v) is 8.72. The lowest BCUT2D eigenvalue weighted by Crippen LogP contribution is -2.27. The molecule has 31 heavy (non-hydrogen) atoms. The van der Waals surface area contributed by atoms with Gasteiger partial charge in [0.05, 0.1) is 47.4 Å². The summed E-state index contributed by atoms with van der Waals surface area (Å²) in [6.07, 6.45) is 3.36. The van der Waals surface area contributed by atoms with Crippen molar-refractivity contribution in [3.8, 4) is 5.75 Å². The van der Waals surface area contributed by atoms with Gasteiger partial charge < -0.3 is 15.0 Å². The minimum Gasteiger partial charge on any atom is -0.493 e. The molecule has 1 N–H and O–H groups in total. The highest BCUT2D eigenvalue weighted by atomic mass is 35.5. The van der Waals surface area contributed by atoms with Crippen LogP contribution in [0.3, 0.4) is 0 Å². The molecule has 1 saturated heterocycles. The third-order valence-corrected chi connectivity index (χ3v) is 6.79. The van der Waals surface area contributed by atoms with E-state index < -0.39 is 0 Å². The number of fused-ring (bicyclic) bond motifs is 3. The summed E-state index contributed by atoms with van der Waals surface area (Å²) in [6, 6.07) is 8.01. The van der Waals surface area contributed by atoms with E-state index in [0.29, 0.717) is 42.1 Å². The number of amides is 1. The molecular weight excluding hydrogens is 414 g/mol. The van der Waals surface area contributed by atoms with E-state index in [0.717, 1.165) is 41.3 Å². The number of para-hydroxylation sites is 1. The molecule has 0 saturated carbocycles. The Balaban J connectivity index is 1.33. The molecule has 0 spiro atoms. The van der Waals surface area contributed by atoms with E-state index in [9.17, 15) is 4.79 Å². The van der Waals surface area contributed by atoms with Crippen LogP contribution in [-0.2, 0) is 13.1 Å². The molecule has 3 aromatic rings. The van der Waals surface area contributed by atoms with Gasteiger partial charge in [-0.2, -0.15) is 5.10 Å². The summed E-state index contributed by atoms with van der Waals surface area (Å²) in [7, 11) is 0. The maximum absolute atomic E-state index is 13.3. The minimum absolute atomic E-state index is 0.0480. The van der Waals surface area contributed by atoms with Crippen molar-refractivity contribution in [2.45, 2.75) is 52.2 Å². The summed E-state index contributed by atoms with van der Waals surface area (Å²) in [4.78, 5) is 19.8. The smallest absolute Gasteiger partial charge is 0.258 e. The van der Waals surface area contributed by atoms with E-state index in [2.05, 4.69) is 15.4 Å². The molecule has 1 atom stereocenters. The van der Waals surface area contributed by atoms with Gasteiger partial charge in [-0.3, -0.25) is 4.79 Å². The van der Waals surface area contributed by atoms with Crippen molar-refractivity contribution in [3.05, 3.63) is 57.5 Å². The van der Waals surface area contributed by atoms with Gasteiger partial charge in [0.15, 0.2) is 5.65 Å². The average molecular weight is 440 g/mol. The van der Waals surface area contributed by atoms with Crippen molar-refractivity contribution in [3.63, 3.8) is 0 Å². The normalized spacial score (nSPS) is 18.0. The zero-order chi connectivity index (χ0) is 21.5. The number of benzene rings is 1. The number of nitrogens with zero attached hydrogens (tertiary/aromatic N) is 4. The van der Waals surface area contributed by atoms with Crippen LogP contribution in [0, 0.1) is 13.8 Å². The quantitative estimate of drug-likeness (QED) is 0.656. The number of carbonyl (C=O) groups excluding carboxylic acids is 1. The van der Waals surface area contributed by atoms with Crippen LogP contribution in [0.5, 0.6) is 5.75 Å². The summed E-state index contributed by atoms with van der Waals surface area (Å²) in [5, 5.41) is 8.78. The highest BCUT2D eigenvalue weighted by Crippen LogP contribution is 2.31. The molecule has 4 heterocycles. The second kappa shape index (κ2) is 8.13. The molecule has 1 aromatic carbocycles. The van der Waals surface area contributed by atoms with Crippen molar-refractivity contribution in [2.24, 2.45) is 0 Å². The van der Waals surface area contributed by atoms with Crippen molar-refractivity contribution in [2.75, 3.05) is 13.2 Å². The fourth-order valence-electron chi connectivity index (χ4n) is 4.51. The van der Waals surface area contributed by atoms with Crippen LogP contribution in [-0.4, -0.2) is 44.6 Å². The number of nitrogens with one attached hydrogen (secondary N) is 1. The van der Waals surface area contributed by atoms with E-state index in [4.69, 9.17) is 16.3 Å². The maximum atomic E-state index is 13.3. The third-order valence-electron chi connectivity index (χ3n) is 6.25. The Kier molecular flexibility index (Phi) is 5.32. The highest BCUT2D eigenvalue weighted by molar-refractivity contribution is 6.31. The molecule has 0 bridgehead atoms. The highest BCUT2D eigenvalue weighted by Gasteiger charge is 2.31. The molecule has 0 unspecified atom stereocenters. The van der Waals surface area contributed by atoms with Gasteiger partial charge >= 0.3 is 0 Å². The molecule has 0 radical (unpaired) electrons. The molecule has 2 aliphatic heterocycles. The molecule has 7 nitrogen and oxygen atoms in total. The lowest BCUT2D eigenvalue weighted by Gasteiger charge is -2.19. The predicted molar refractivity (Wildman–Crippen MR) is 119 cm³/mol. The zero-order valence-electron chi connectivity index (χ0n) is 17.8. The molecule has 0 aliphatic carbocycles. The summed E-state index contributed by atoms with van der Waals surface area (Å²) >= 11 is 6.33. The standard InChI is InChI=1S/C23H26ClN5O2/c1-14-21(24)15(2)29-22(26-14)18-12-28(13-19(18)27-29)23(30)17-7-3-4-8-20(17)31-11-9-16-6-5-10-25-16/h3-4,7-8,16,25H,5-6,9-13H2,1-2H3/t16-/m1/s1. The minimum atomic E-state index is -0.0480. The number of aromatic nitrogens is 3. The van der Waals surface area contributed by atoms with Crippen molar-refractivity contribution >= 4 is 23.2 Å². The van der Waals surface area contributed by atoms with Gasteiger partial charge in [0, 0.05) is 11.6 Å². The maximum Gasteiger partial charge on any atom is 0.258 e. The Labute approximate surface area is 186 Å². The van der Waals surface area contributed by atoms with Crippen LogP contribution < -0.4 is 10.1 Å². The van der Waals surface area contributed by atoms with E-state index in [1.165, 1.54) is 12.8 Å². The molecule has 8 heteroatoms. The van der Waals surface area contributed by atoms with Crippen LogP contribution in [0.25, 0.3) is 5.65 Å². The summed E-state index contributed by atoms with van der Waals surface area (Å²) in [5.41, 5.74) is 4.87. The molecule has 5 rings (SSSR count). The van der Waals surface area contributed by atoms with Crippen LogP contribution in [0.15, 0.2) is 24.3 Å². The number of ether oxygens (including phenoxy) is 1. The van der Waals surface area contributed by atoms with E-state index >= 15 is 0 Å². The van der Waals surface area contributed by atoms with E-state index in [1.807, 2.05) is 38.1 Å². The van der Waals surface area contributed by atoms with Gasteiger partial charge in [0.1, 0.15) is 5.75 Å². The second-order valence-electron chi connectivity index (χ2n) is 8.35. The van der Waals surface area contributed by atoms with Gasteiger partial charge in [0.2, 0.25) is 0 Å². The van der Waals surface area contributed by atoms with Gasteiger partial charge in [-0.1, -0.05) is 23.7 Å². The fourth-order valence-corrected chi connectivity index (χ4v) is 4.63. The third kappa shape index (κ3) is 3.66. The first-order valence-electron chi connectivity index (χ1n) is 10.8. The van der Waals surface area contributed by atoms with Gasteiger partial charge in [-0.05, 0) is 51.8 Å². The number of hydrogen-bond acceptors (Lipinski definition) is 5. The first-order chi connectivity index (χ1) is 15.0. The Morgan fingerprint density at radius 2 is 2.13 bits per heavy atom. The summed E-state index contributed by atoms with van der Waals surface area (Å²) < 4.78 is 7.81. The lowest BCUT2D eigenvalue weighted by atomic mass is 10.1. The number of hydrogen-bond donors (Lipinski definition) is 1. The summed E-state index contributed by atoms with van der Waals surface area (Å²) in [5.74, 6) is 0.592. The van der Waals surface area contributed by atoms with E-state index in [-0.39, 0.29) is 5.91 Å². The van der Waals surface area contributed by atoms with Gasteiger partial charge in [0.25, 0.3) is 5.91 Å². The van der Waals surface area contributed by atoms with Crippen LogP contribution in [0.2, 0.25) is 5.02 Å². The van der Waals surface area contributed by atoms with Gasteiger partial charge in [-0.15, -0.1) is 0 Å². The number of halogens is 1. The van der Waals surface area contributed by atoms with Crippen LogP contribution in [0.1, 0.15) is 52.3 Å². The Bertz CT molecular complexity index is 1150. The molecule has 2 aromatic heterocycles. The number of rotatable bonds is 5.